The van der Waals surface area contributed by atoms with Crippen LogP contribution in [-0.4, -0.2) is 33.9 Å². The predicted molar refractivity (Wildman–Crippen MR) is 129 cm³/mol. The van der Waals surface area contributed by atoms with Crippen LogP contribution >= 0.6 is 0 Å². The second-order valence-corrected chi connectivity index (χ2v) is 9.13. The average molecular weight is 493 g/mol. The molecule has 9 nitrogen and oxygen atoms in total. The number of benzene rings is 2. The highest BCUT2D eigenvalue weighted by Gasteiger charge is 2.32. The van der Waals surface area contributed by atoms with Crippen molar-refractivity contribution in [1.29, 1.82) is 0 Å². The maximum Gasteiger partial charge on any atom is 0.262 e. The maximum absolute atomic E-state index is 13.7. The molecule has 2 N–H and O–H groups in total. The fraction of sp³-hybridized carbons (Fsp3) is 0.346. The van der Waals surface area contributed by atoms with E-state index in [1.807, 2.05) is 0 Å². The largest absolute Gasteiger partial charge is 0.373 e. The number of ether oxygens (including phenoxy) is 1. The zero-order chi connectivity index (χ0) is 25.4. The first-order valence-electron chi connectivity index (χ1n) is 11.9. The molecule has 36 heavy (non-hydrogen) atoms. The summed E-state index contributed by atoms with van der Waals surface area (Å²) in [4.78, 5) is 55.0. The van der Waals surface area contributed by atoms with Crippen molar-refractivity contribution in [2.24, 2.45) is 5.92 Å². The Balaban J connectivity index is 1.40. The second kappa shape index (κ2) is 9.62. The number of piperidine rings is 1. The van der Waals surface area contributed by atoms with Crippen LogP contribution in [0.15, 0.2) is 47.3 Å². The normalized spacial score (nSPS) is 22.3. The summed E-state index contributed by atoms with van der Waals surface area (Å²) in [5.41, 5.74) is 0.983. The molecule has 1 aromatic heterocycles. The lowest BCUT2D eigenvalue weighted by Gasteiger charge is -2.29. The molecule has 0 aliphatic carbocycles. The van der Waals surface area contributed by atoms with Gasteiger partial charge in [0.15, 0.2) is 0 Å². The number of hydrogen-bond acceptors (Lipinski definition) is 6. The van der Waals surface area contributed by atoms with Crippen LogP contribution < -0.4 is 16.2 Å². The van der Waals surface area contributed by atoms with E-state index in [1.54, 1.807) is 37.3 Å². The Morgan fingerprint density at radius 1 is 1.17 bits per heavy atom. The van der Waals surface area contributed by atoms with Crippen molar-refractivity contribution >= 4 is 34.3 Å². The molecule has 2 fully saturated rings. The Labute approximate surface area is 205 Å². The summed E-state index contributed by atoms with van der Waals surface area (Å²) in [6.45, 7) is 1.98. The number of imide groups is 1. The van der Waals surface area contributed by atoms with Gasteiger partial charge < -0.3 is 10.1 Å². The molecule has 2 aromatic carbocycles. The highest BCUT2D eigenvalue weighted by Crippen LogP contribution is 2.33. The van der Waals surface area contributed by atoms with E-state index in [9.17, 15) is 23.6 Å². The van der Waals surface area contributed by atoms with Crippen molar-refractivity contribution in [2.75, 3.05) is 11.9 Å². The van der Waals surface area contributed by atoms with Crippen LogP contribution in [0, 0.1) is 18.7 Å². The van der Waals surface area contributed by atoms with Crippen molar-refractivity contribution in [3.05, 3.63) is 70.0 Å². The number of rotatable bonds is 4. The number of carbonyl (C=O) groups excluding carboxylic acids is 3. The van der Waals surface area contributed by atoms with Crippen LogP contribution in [0.4, 0.5) is 10.1 Å². The van der Waals surface area contributed by atoms with E-state index in [2.05, 4.69) is 15.6 Å². The van der Waals surface area contributed by atoms with E-state index in [1.165, 1.54) is 16.7 Å². The highest BCUT2D eigenvalue weighted by atomic mass is 19.1. The maximum atomic E-state index is 13.7. The van der Waals surface area contributed by atoms with Gasteiger partial charge in [-0.15, -0.1) is 0 Å². The number of anilines is 1. The Morgan fingerprint density at radius 2 is 1.97 bits per heavy atom. The molecule has 0 saturated carbocycles. The third kappa shape index (κ3) is 4.51. The molecule has 3 amide bonds. The molecule has 3 atom stereocenters. The number of carbonyl (C=O) groups is 3. The van der Waals surface area contributed by atoms with Crippen LogP contribution in [0.5, 0.6) is 0 Å². The van der Waals surface area contributed by atoms with Crippen molar-refractivity contribution in [3.63, 3.8) is 0 Å². The number of halogens is 1. The number of amides is 3. The molecule has 0 spiro atoms. The fourth-order valence-electron chi connectivity index (χ4n) is 4.93. The van der Waals surface area contributed by atoms with E-state index in [0.717, 1.165) is 0 Å². The fourth-order valence-corrected chi connectivity index (χ4v) is 4.93. The zero-order valence-electron chi connectivity index (χ0n) is 19.6. The van der Waals surface area contributed by atoms with Crippen LogP contribution in [0.1, 0.15) is 49.2 Å². The summed E-state index contributed by atoms with van der Waals surface area (Å²) in [5, 5.41) is 5.43. The molecule has 10 heteroatoms. The molecular formula is C26H25FN4O5. The van der Waals surface area contributed by atoms with Crippen LogP contribution in [0.3, 0.4) is 0 Å². The first-order valence-corrected chi connectivity index (χ1v) is 11.9. The van der Waals surface area contributed by atoms with Crippen molar-refractivity contribution in [2.45, 2.75) is 44.8 Å². The Hall–Kier alpha value is -3.92. The summed E-state index contributed by atoms with van der Waals surface area (Å²) in [6, 6.07) is 10.2. The Morgan fingerprint density at radius 3 is 2.75 bits per heavy atom. The van der Waals surface area contributed by atoms with Gasteiger partial charge in [0.1, 0.15) is 23.2 Å². The second-order valence-electron chi connectivity index (χ2n) is 9.13. The zero-order valence-corrected chi connectivity index (χ0v) is 19.6. The first-order chi connectivity index (χ1) is 17.3. The summed E-state index contributed by atoms with van der Waals surface area (Å²) in [6.07, 6.45) is 0.869. The molecule has 0 bridgehead atoms. The van der Waals surface area contributed by atoms with E-state index in [0.29, 0.717) is 42.0 Å². The lowest BCUT2D eigenvalue weighted by molar-refractivity contribution is -0.135. The molecule has 186 valence electrons. The number of nitrogens with zero attached hydrogens (tertiary/aromatic N) is 2. The minimum atomic E-state index is -0.827. The first kappa shape index (κ1) is 23.8. The molecule has 2 aliphatic rings. The van der Waals surface area contributed by atoms with Crippen molar-refractivity contribution < 1.29 is 23.5 Å². The molecule has 2 saturated heterocycles. The van der Waals surface area contributed by atoms with Gasteiger partial charge in [0.25, 0.3) is 5.56 Å². The quantitative estimate of drug-likeness (QED) is 0.541. The SMILES string of the molecule is Cc1nc2c(NC(=O)[C@@H]3CCO[C@H](c4cccc(F)c4)C3)cccc2c(=O)n1C1CCC(=O)NC1=O. The predicted octanol–water partition coefficient (Wildman–Crippen LogP) is 2.93. The standard InChI is InChI=1S/C26H25FN4O5/c1-14-28-23-18(26(35)31(14)20-8-9-22(32)30-25(20)34)6-3-7-19(23)29-24(33)16-10-11-36-21(13-16)15-4-2-5-17(27)12-15/h2-7,12,16,20-21H,8-11,13H2,1H3,(H,29,33)(H,30,32,34)/t16-,20?,21+/m1/s1. The highest BCUT2D eigenvalue weighted by molar-refractivity contribution is 6.02. The van der Waals surface area contributed by atoms with Crippen molar-refractivity contribution in [3.8, 4) is 0 Å². The van der Waals surface area contributed by atoms with E-state index in [-0.39, 0.29) is 47.9 Å². The van der Waals surface area contributed by atoms with Gasteiger partial charge in [-0.3, -0.25) is 29.1 Å². The van der Waals surface area contributed by atoms with Gasteiger partial charge in [-0.2, -0.15) is 0 Å². The minimum Gasteiger partial charge on any atom is -0.373 e. The third-order valence-corrected chi connectivity index (χ3v) is 6.76. The molecule has 1 unspecified atom stereocenters. The number of aryl methyl sites for hydroxylation is 1. The monoisotopic (exact) mass is 492 g/mol. The molecule has 3 heterocycles. The Kier molecular flexibility index (Phi) is 6.36. The van der Waals surface area contributed by atoms with E-state index in [4.69, 9.17) is 4.74 Å². The number of nitrogens with one attached hydrogen (secondary N) is 2. The number of fused-ring (bicyclic) bond motifs is 1. The van der Waals surface area contributed by atoms with Gasteiger partial charge in [-0.1, -0.05) is 18.2 Å². The van der Waals surface area contributed by atoms with Crippen LogP contribution in [0.2, 0.25) is 0 Å². The third-order valence-electron chi connectivity index (χ3n) is 6.76. The van der Waals surface area contributed by atoms with Crippen LogP contribution in [-0.2, 0) is 19.1 Å². The summed E-state index contributed by atoms with van der Waals surface area (Å²) < 4.78 is 20.7. The Bertz CT molecular complexity index is 1440. The molecule has 3 aromatic rings. The molecular weight excluding hydrogens is 467 g/mol. The van der Waals surface area contributed by atoms with Crippen molar-refractivity contribution in [1.82, 2.24) is 14.9 Å². The van der Waals surface area contributed by atoms with Gasteiger partial charge >= 0.3 is 0 Å². The number of para-hydroxylation sites is 1. The van der Waals surface area contributed by atoms with Gasteiger partial charge in [0, 0.05) is 18.9 Å². The van der Waals surface area contributed by atoms with Gasteiger partial charge in [0.05, 0.1) is 17.2 Å². The molecule has 2 aliphatic heterocycles. The van der Waals surface area contributed by atoms with Gasteiger partial charge in [-0.05, 0) is 56.0 Å². The van der Waals surface area contributed by atoms with Gasteiger partial charge in [-0.25, -0.2) is 9.37 Å². The van der Waals surface area contributed by atoms with E-state index >= 15 is 0 Å². The summed E-state index contributed by atoms with van der Waals surface area (Å²) in [5.74, 6) is -1.56. The van der Waals surface area contributed by atoms with Gasteiger partial charge in [0.2, 0.25) is 17.7 Å². The smallest absolute Gasteiger partial charge is 0.262 e. The number of aromatic nitrogens is 2. The lowest BCUT2D eigenvalue weighted by atomic mass is 9.91. The summed E-state index contributed by atoms with van der Waals surface area (Å²) in [7, 11) is 0. The summed E-state index contributed by atoms with van der Waals surface area (Å²) >= 11 is 0. The number of hydrogen-bond donors (Lipinski definition) is 2. The van der Waals surface area contributed by atoms with E-state index < -0.39 is 17.5 Å². The minimum absolute atomic E-state index is 0.137. The topological polar surface area (TPSA) is 119 Å². The molecule has 5 rings (SSSR count). The lowest BCUT2D eigenvalue weighted by Crippen LogP contribution is -2.45. The molecule has 0 radical (unpaired) electrons. The van der Waals surface area contributed by atoms with Crippen LogP contribution in [0.25, 0.3) is 10.9 Å². The average Bonchev–Trinajstić information content (AvgIpc) is 2.86.